The fraction of sp³-hybridized carbons (Fsp3) is 0.467. The van der Waals surface area contributed by atoms with Gasteiger partial charge in [0.15, 0.2) is 0 Å². The van der Waals surface area contributed by atoms with E-state index in [1.165, 1.54) is 6.92 Å². The summed E-state index contributed by atoms with van der Waals surface area (Å²) < 4.78 is 63.3. The maximum Gasteiger partial charge on any atom is 0.405 e. The monoisotopic (exact) mass is 375 g/mol. The summed E-state index contributed by atoms with van der Waals surface area (Å²) in [5, 5.41) is 10.9. The number of sulfonamides is 1. The molecule has 0 radical (unpaired) electrons. The molecular weight excluding hydrogens is 359 g/mol. The van der Waals surface area contributed by atoms with Crippen LogP contribution in [0.25, 0.3) is 0 Å². The first kappa shape index (κ1) is 19.2. The number of hydrogen-bond acceptors (Lipinski definition) is 4. The molecule has 2 N–H and O–H groups in total. The molecule has 0 spiro atoms. The van der Waals surface area contributed by atoms with Gasteiger partial charge in [-0.15, -0.1) is 0 Å². The van der Waals surface area contributed by atoms with E-state index < -0.39 is 34.2 Å². The van der Waals surface area contributed by atoms with E-state index in [1.54, 1.807) is 5.32 Å². The minimum Gasteiger partial charge on any atom is -0.343 e. The van der Waals surface area contributed by atoms with E-state index in [1.807, 2.05) is 6.07 Å². The van der Waals surface area contributed by atoms with Gasteiger partial charge in [-0.05, 0) is 49.9 Å². The van der Waals surface area contributed by atoms with Gasteiger partial charge in [0.05, 0.1) is 11.0 Å². The standard InChI is InChI=1S/C15H16F3N3O3S/c1-14(8-19,11-4-5-11)21-25(23,24)12-6-2-10(3-7-12)13(22)20-9-15(16,17)18/h2-3,6-7,11,21H,4-5,9H2,1H3,(H,20,22)/t14-/m0/s1. The zero-order chi connectivity index (χ0) is 18.9. The predicted molar refractivity (Wildman–Crippen MR) is 81.9 cm³/mol. The Balaban J connectivity index is 2.11. The summed E-state index contributed by atoms with van der Waals surface area (Å²) in [4.78, 5) is 11.4. The summed E-state index contributed by atoms with van der Waals surface area (Å²) in [6.45, 7) is 0.0243. The maximum atomic E-state index is 12.4. The van der Waals surface area contributed by atoms with Crippen LogP contribution in [0.2, 0.25) is 0 Å². The molecule has 0 heterocycles. The van der Waals surface area contributed by atoms with Gasteiger partial charge in [-0.2, -0.15) is 23.2 Å². The van der Waals surface area contributed by atoms with E-state index in [4.69, 9.17) is 0 Å². The molecule has 0 saturated heterocycles. The summed E-state index contributed by atoms with van der Waals surface area (Å²) in [5.74, 6) is -1.02. The summed E-state index contributed by atoms with van der Waals surface area (Å²) in [6, 6.07) is 6.40. The topological polar surface area (TPSA) is 99.1 Å². The molecule has 136 valence electrons. The number of halogens is 3. The number of benzene rings is 1. The van der Waals surface area contributed by atoms with Crippen LogP contribution in [0.15, 0.2) is 29.2 Å². The Labute approximate surface area is 143 Å². The van der Waals surface area contributed by atoms with Crippen molar-refractivity contribution in [3.63, 3.8) is 0 Å². The third kappa shape index (κ3) is 4.93. The largest absolute Gasteiger partial charge is 0.405 e. The summed E-state index contributed by atoms with van der Waals surface area (Å²) in [7, 11) is -4.00. The number of carbonyl (C=O) groups excluding carboxylic acids is 1. The third-order valence-electron chi connectivity index (χ3n) is 3.85. The minimum absolute atomic E-state index is 0.0558. The van der Waals surface area contributed by atoms with Crippen molar-refractivity contribution in [2.45, 2.75) is 36.4 Å². The van der Waals surface area contributed by atoms with Crippen LogP contribution in [0.1, 0.15) is 30.1 Å². The van der Waals surface area contributed by atoms with E-state index in [0.29, 0.717) is 0 Å². The first-order valence-electron chi connectivity index (χ1n) is 7.37. The number of nitrogens with zero attached hydrogens (tertiary/aromatic N) is 1. The van der Waals surface area contributed by atoms with E-state index >= 15 is 0 Å². The van der Waals surface area contributed by atoms with Gasteiger partial charge in [-0.25, -0.2) is 8.42 Å². The average Bonchev–Trinajstić information content (AvgIpc) is 3.37. The van der Waals surface area contributed by atoms with Crippen LogP contribution in [0.3, 0.4) is 0 Å². The van der Waals surface area contributed by atoms with Crippen LogP contribution >= 0.6 is 0 Å². The normalized spacial score (nSPS) is 17.4. The lowest BCUT2D eigenvalue weighted by molar-refractivity contribution is -0.123. The van der Waals surface area contributed by atoms with E-state index in [-0.39, 0.29) is 16.4 Å². The SMILES string of the molecule is C[C@@](C#N)(NS(=O)(=O)c1ccc(C(=O)NCC(F)(F)F)cc1)C1CC1. The summed E-state index contributed by atoms with van der Waals surface area (Å²) in [5.41, 5.74) is -1.32. The lowest BCUT2D eigenvalue weighted by Crippen LogP contribution is -2.46. The molecule has 10 heteroatoms. The third-order valence-corrected chi connectivity index (χ3v) is 5.43. The van der Waals surface area contributed by atoms with Crippen molar-refractivity contribution in [3.05, 3.63) is 29.8 Å². The molecule has 1 aromatic carbocycles. The lowest BCUT2D eigenvalue weighted by atomic mass is 10.0. The molecule has 1 amide bonds. The molecule has 1 aliphatic rings. The van der Waals surface area contributed by atoms with Gasteiger partial charge >= 0.3 is 6.18 Å². The fourth-order valence-electron chi connectivity index (χ4n) is 2.26. The molecule has 0 aliphatic heterocycles. The number of alkyl halides is 3. The quantitative estimate of drug-likeness (QED) is 0.794. The second kappa shape index (κ2) is 6.65. The number of hydrogen-bond donors (Lipinski definition) is 2. The molecule has 0 aromatic heterocycles. The van der Waals surface area contributed by atoms with Crippen molar-refractivity contribution in [3.8, 4) is 6.07 Å². The van der Waals surface area contributed by atoms with Crippen LogP contribution in [0, 0.1) is 17.2 Å². The molecule has 1 atom stereocenters. The number of amides is 1. The van der Waals surface area contributed by atoms with Gasteiger partial charge < -0.3 is 5.32 Å². The molecule has 25 heavy (non-hydrogen) atoms. The second-order valence-corrected chi connectivity index (χ2v) is 7.70. The Bertz CT molecular complexity index is 796. The van der Waals surface area contributed by atoms with E-state index in [0.717, 1.165) is 37.1 Å². The maximum absolute atomic E-state index is 12.4. The molecular formula is C15H16F3N3O3S. The molecule has 1 aliphatic carbocycles. The molecule has 1 aromatic rings. The van der Waals surface area contributed by atoms with Gasteiger partial charge in [0.1, 0.15) is 12.1 Å². The van der Waals surface area contributed by atoms with Gasteiger partial charge in [-0.1, -0.05) is 0 Å². The number of nitrogens with one attached hydrogen (secondary N) is 2. The minimum atomic E-state index is -4.53. The van der Waals surface area contributed by atoms with Gasteiger partial charge in [0.25, 0.3) is 5.91 Å². The molecule has 1 fully saturated rings. The van der Waals surface area contributed by atoms with Crippen molar-refractivity contribution in [2.75, 3.05) is 6.54 Å². The highest BCUT2D eigenvalue weighted by molar-refractivity contribution is 7.89. The van der Waals surface area contributed by atoms with Crippen molar-refractivity contribution >= 4 is 15.9 Å². The smallest absolute Gasteiger partial charge is 0.343 e. The predicted octanol–water partition coefficient (Wildman–Crippen LogP) is 1.95. The average molecular weight is 375 g/mol. The zero-order valence-electron chi connectivity index (χ0n) is 13.2. The fourth-order valence-corrected chi connectivity index (χ4v) is 3.65. The first-order valence-corrected chi connectivity index (χ1v) is 8.85. The van der Waals surface area contributed by atoms with Crippen molar-refractivity contribution < 1.29 is 26.4 Å². The molecule has 6 nitrogen and oxygen atoms in total. The molecule has 0 bridgehead atoms. The highest BCUT2D eigenvalue weighted by Gasteiger charge is 2.44. The number of rotatable bonds is 6. The van der Waals surface area contributed by atoms with Gasteiger partial charge in [-0.3, -0.25) is 4.79 Å². The highest BCUT2D eigenvalue weighted by atomic mass is 32.2. The van der Waals surface area contributed by atoms with Crippen LogP contribution in [0.4, 0.5) is 13.2 Å². The summed E-state index contributed by atoms with van der Waals surface area (Å²) in [6.07, 6.45) is -3.02. The Morgan fingerprint density at radius 2 is 1.84 bits per heavy atom. The Morgan fingerprint density at radius 1 is 1.28 bits per heavy atom. The van der Waals surface area contributed by atoms with Crippen LogP contribution in [-0.4, -0.2) is 32.6 Å². The van der Waals surface area contributed by atoms with Crippen molar-refractivity contribution in [2.24, 2.45) is 5.92 Å². The van der Waals surface area contributed by atoms with Crippen LogP contribution < -0.4 is 10.0 Å². The van der Waals surface area contributed by atoms with E-state index in [2.05, 4.69) is 4.72 Å². The molecule has 2 rings (SSSR count). The Morgan fingerprint density at radius 3 is 2.28 bits per heavy atom. The van der Waals surface area contributed by atoms with Crippen LogP contribution in [0.5, 0.6) is 0 Å². The summed E-state index contributed by atoms with van der Waals surface area (Å²) >= 11 is 0. The van der Waals surface area contributed by atoms with Crippen molar-refractivity contribution in [1.29, 1.82) is 5.26 Å². The first-order chi connectivity index (χ1) is 11.5. The molecule has 0 unspecified atom stereocenters. The highest BCUT2D eigenvalue weighted by Crippen LogP contribution is 2.39. The second-order valence-electron chi connectivity index (χ2n) is 6.02. The van der Waals surface area contributed by atoms with Crippen LogP contribution in [-0.2, 0) is 10.0 Å². The Hall–Kier alpha value is -2.12. The number of carbonyl (C=O) groups is 1. The van der Waals surface area contributed by atoms with Crippen molar-refractivity contribution in [1.82, 2.24) is 10.0 Å². The van der Waals surface area contributed by atoms with E-state index in [9.17, 15) is 31.6 Å². The lowest BCUT2D eigenvalue weighted by Gasteiger charge is -2.22. The van der Waals surface area contributed by atoms with Gasteiger partial charge in [0.2, 0.25) is 10.0 Å². The number of nitriles is 1. The Kier molecular flexibility index (Phi) is 5.11. The molecule has 1 saturated carbocycles. The zero-order valence-corrected chi connectivity index (χ0v) is 14.0. The van der Waals surface area contributed by atoms with Gasteiger partial charge in [0, 0.05) is 5.56 Å².